The maximum atomic E-state index is 12.1. The van der Waals surface area contributed by atoms with Crippen LogP contribution in [-0.4, -0.2) is 106 Å². The number of amides is 2. The predicted octanol–water partition coefficient (Wildman–Crippen LogP) is 4.78. The Bertz CT molecular complexity index is 2370. The second-order valence-electron chi connectivity index (χ2n) is 14.5. The van der Waals surface area contributed by atoms with Crippen LogP contribution < -0.4 is 26.7 Å². The number of aromatic nitrogens is 6. The molecule has 0 saturated carbocycles. The van der Waals surface area contributed by atoms with Gasteiger partial charge in [0.25, 0.3) is 0 Å². The number of carbonyl (C=O) groups excluding carboxylic acids is 3. The molecule has 0 radical (unpaired) electrons. The van der Waals surface area contributed by atoms with E-state index in [2.05, 4.69) is 26.1 Å². The van der Waals surface area contributed by atoms with Crippen molar-refractivity contribution in [1.82, 2.24) is 33.8 Å². The molecule has 0 aliphatic carbocycles. The number of primary sulfonamides is 1. The Morgan fingerprint density at radius 1 is 0.984 bits per heavy atom. The molecule has 7 N–H and O–H groups in total. The Morgan fingerprint density at radius 3 is 2.21 bits per heavy atom. The topological polar surface area (TPSA) is 260 Å². The fourth-order valence-electron chi connectivity index (χ4n) is 6.12. The number of primary amides is 1. The molecule has 20 heteroatoms. The van der Waals surface area contributed by atoms with Crippen molar-refractivity contribution >= 4 is 62.8 Å². The molecule has 4 heterocycles. The normalized spacial score (nSPS) is 12.7. The quantitative estimate of drug-likeness (QED) is 0.0667. The zero-order valence-electron chi connectivity index (χ0n) is 36.5. The largest absolute Gasteiger partial charge is 0.491 e. The Kier molecular flexibility index (Phi) is 18.3. The third-order valence-electron chi connectivity index (χ3n) is 8.75. The number of imidazole rings is 2. The second-order valence-corrected chi connectivity index (χ2v) is 16.1. The molecule has 5 aromatic rings. The summed E-state index contributed by atoms with van der Waals surface area (Å²) in [6.07, 6.45) is 5.39. The fraction of sp³-hybridized carbons (Fsp3) is 0.463. The van der Waals surface area contributed by atoms with E-state index in [1.54, 1.807) is 28.8 Å². The molecule has 19 nitrogen and oxygen atoms in total. The second kappa shape index (κ2) is 22.6. The van der Waals surface area contributed by atoms with Crippen molar-refractivity contribution in [2.75, 3.05) is 44.4 Å². The van der Waals surface area contributed by atoms with Crippen molar-refractivity contribution in [3.05, 3.63) is 65.5 Å². The molecular formula is C41H61N11O8S. The van der Waals surface area contributed by atoms with Gasteiger partial charge in [-0.2, -0.15) is 5.10 Å². The molecule has 61 heavy (non-hydrogen) atoms. The number of likely N-dealkylation sites (tertiary alicyclic amines) is 1. The Balaban J connectivity index is 0.000000564. The first-order valence-corrected chi connectivity index (χ1v) is 21.5. The number of fused-ring (bicyclic) bond motifs is 2. The van der Waals surface area contributed by atoms with E-state index >= 15 is 0 Å². The van der Waals surface area contributed by atoms with Gasteiger partial charge in [0.1, 0.15) is 22.6 Å². The van der Waals surface area contributed by atoms with Gasteiger partial charge in [-0.1, -0.05) is 26.0 Å². The zero-order chi connectivity index (χ0) is 45.5. The van der Waals surface area contributed by atoms with Crippen molar-refractivity contribution in [2.24, 2.45) is 10.9 Å². The molecule has 0 unspecified atom stereocenters. The van der Waals surface area contributed by atoms with Gasteiger partial charge in [-0.15, -0.1) is 0 Å². The van der Waals surface area contributed by atoms with E-state index in [-0.39, 0.29) is 23.5 Å². The van der Waals surface area contributed by atoms with Crippen LogP contribution in [0.5, 0.6) is 5.75 Å². The lowest BCUT2D eigenvalue weighted by Gasteiger charge is -2.39. The van der Waals surface area contributed by atoms with Crippen molar-refractivity contribution in [3.63, 3.8) is 0 Å². The lowest BCUT2D eigenvalue weighted by Crippen LogP contribution is -2.56. The minimum absolute atomic E-state index is 0.00438. The first-order chi connectivity index (χ1) is 28.9. The number of benzene rings is 2. The third kappa shape index (κ3) is 13.8. The molecular weight excluding hydrogens is 807 g/mol. The number of carbonyl (C=O) groups is 3. The SMILES string of the molecule is CC.CCn1nc(C)cc1C=O.CNc1nc2cc(S(N)(=O)=O)ccc2n1C/C=C/Cn1c(N)nc2cc(C)cc(OCCCOC3CN(C(=O)OC(C)(C)C)C3)c21.NC=O. The van der Waals surface area contributed by atoms with Crippen LogP contribution in [0.2, 0.25) is 0 Å². The number of nitrogens with one attached hydrogen (secondary N) is 1. The number of anilines is 2. The molecule has 2 aromatic carbocycles. The van der Waals surface area contributed by atoms with Crippen molar-refractivity contribution < 1.29 is 37.0 Å². The summed E-state index contributed by atoms with van der Waals surface area (Å²) in [5.41, 5.74) is 15.4. The number of sulfonamides is 1. The van der Waals surface area contributed by atoms with Crippen LogP contribution in [0.4, 0.5) is 16.7 Å². The van der Waals surface area contributed by atoms with E-state index < -0.39 is 15.6 Å². The molecule has 0 spiro atoms. The number of rotatable bonds is 14. The summed E-state index contributed by atoms with van der Waals surface area (Å²) in [7, 11) is -2.08. The molecule has 334 valence electrons. The first-order valence-electron chi connectivity index (χ1n) is 19.9. The summed E-state index contributed by atoms with van der Waals surface area (Å²) < 4.78 is 46.6. The van der Waals surface area contributed by atoms with E-state index in [0.717, 1.165) is 40.6 Å². The number of aryl methyl sites for hydroxylation is 3. The van der Waals surface area contributed by atoms with Crippen LogP contribution >= 0.6 is 0 Å². The molecule has 1 aliphatic rings. The van der Waals surface area contributed by atoms with Crippen molar-refractivity contribution in [3.8, 4) is 5.75 Å². The van der Waals surface area contributed by atoms with Gasteiger partial charge < -0.3 is 45.0 Å². The lowest BCUT2D eigenvalue weighted by molar-refractivity contribution is -0.106. The number of nitrogens with two attached hydrogens (primary N) is 3. The number of nitrogen functional groups attached to an aromatic ring is 1. The van der Waals surface area contributed by atoms with E-state index in [1.165, 1.54) is 12.1 Å². The molecule has 0 bridgehead atoms. The lowest BCUT2D eigenvalue weighted by atomic mass is 10.2. The molecule has 0 atom stereocenters. The van der Waals surface area contributed by atoms with Gasteiger partial charge in [0, 0.05) is 33.1 Å². The minimum atomic E-state index is -3.84. The summed E-state index contributed by atoms with van der Waals surface area (Å²) in [6.45, 7) is 19.0. The highest BCUT2D eigenvalue weighted by atomic mass is 32.2. The van der Waals surface area contributed by atoms with Crippen LogP contribution in [0.1, 0.15) is 69.7 Å². The number of hydrogen-bond acceptors (Lipinski definition) is 13. The summed E-state index contributed by atoms with van der Waals surface area (Å²) in [5, 5.41) is 12.4. The summed E-state index contributed by atoms with van der Waals surface area (Å²) in [5.74, 6) is 1.65. The third-order valence-corrected chi connectivity index (χ3v) is 9.66. The van der Waals surface area contributed by atoms with E-state index in [1.807, 2.05) is 88.8 Å². The van der Waals surface area contributed by atoms with Crippen LogP contribution in [0.25, 0.3) is 22.1 Å². The Hall–Kier alpha value is -5.99. The van der Waals surface area contributed by atoms with E-state index in [0.29, 0.717) is 74.7 Å². The highest BCUT2D eigenvalue weighted by Crippen LogP contribution is 2.30. The van der Waals surface area contributed by atoms with Crippen molar-refractivity contribution in [2.45, 2.75) is 98.0 Å². The number of ether oxygens (including phenoxy) is 3. The fourth-order valence-corrected chi connectivity index (χ4v) is 6.66. The molecule has 2 amide bonds. The van der Waals surface area contributed by atoms with Crippen molar-refractivity contribution in [1.29, 1.82) is 0 Å². The van der Waals surface area contributed by atoms with Gasteiger partial charge in [0.05, 0.1) is 59.5 Å². The molecule has 3 aromatic heterocycles. The predicted molar refractivity (Wildman–Crippen MR) is 236 cm³/mol. The molecule has 1 saturated heterocycles. The number of nitrogens with zero attached hydrogens (tertiary/aromatic N) is 7. The first kappa shape index (κ1) is 49.4. The maximum absolute atomic E-state index is 12.1. The van der Waals surface area contributed by atoms with Gasteiger partial charge in [0.15, 0.2) is 6.29 Å². The molecule has 1 fully saturated rings. The highest BCUT2D eigenvalue weighted by Gasteiger charge is 2.34. The average molecular weight is 868 g/mol. The number of allylic oxidation sites excluding steroid dienone is 2. The van der Waals surface area contributed by atoms with Crippen LogP contribution in [0, 0.1) is 13.8 Å². The highest BCUT2D eigenvalue weighted by molar-refractivity contribution is 7.89. The van der Waals surface area contributed by atoms with Gasteiger partial charge in [-0.25, -0.2) is 28.3 Å². The minimum Gasteiger partial charge on any atom is -0.491 e. The molecule has 1 aliphatic heterocycles. The smallest absolute Gasteiger partial charge is 0.410 e. The summed E-state index contributed by atoms with van der Waals surface area (Å²) in [4.78, 5) is 41.8. The van der Waals surface area contributed by atoms with Crippen LogP contribution in [0.3, 0.4) is 0 Å². The standard InChI is InChI=1S/C31H42N8O6S.C7H10N2O.C2H6.CH3NO/c1-20-15-24-27(26(16-20)44-14-8-13-43-21-18-37(19-21)30(40)45-31(2,3)4)39(28(32)35-24)12-7-6-11-38-25-10-9-22(46(33,41)42)17-23(25)36-29(38)34-5;1-3-9-7(5-10)4-6(2)8-9;1-2;2-1-3/h6-7,9-10,15-17,21H,8,11-14,18-19H2,1-5H3,(H2,32,35)(H,34,36)(H2,33,41,42);4-5H,3H2,1-2H3;1-2H3;1H,(H2,2,3)/b7-6+;;;. The number of aldehydes is 1. The van der Waals surface area contributed by atoms with Gasteiger partial charge in [-0.05, 0) is 83.5 Å². The van der Waals surface area contributed by atoms with Gasteiger partial charge in [-0.3, -0.25) is 14.3 Å². The zero-order valence-corrected chi connectivity index (χ0v) is 37.4. The van der Waals surface area contributed by atoms with Crippen LogP contribution in [-0.2, 0) is 43.9 Å². The van der Waals surface area contributed by atoms with Gasteiger partial charge in [0.2, 0.25) is 28.3 Å². The van der Waals surface area contributed by atoms with E-state index in [4.69, 9.17) is 29.9 Å². The summed E-state index contributed by atoms with van der Waals surface area (Å²) >= 11 is 0. The summed E-state index contributed by atoms with van der Waals surface area (Å²) in [6, 6.07) is 10.4. The monoisotopic (exact) mass is 867 g/mol. The molecule has 6 rings (SSSR count). The number of hydrogen-bond donors (Lipinski definition) is 4. The maximum Gasteiger partial charge on any atom is 0.410 e. The van der Waals surface area contributed by atoms with E-state index in [9.17, 15) is 18.0 Å². The Labute approximate surface area is 357 Å². The Morgan fingerprint density at radius 2 is 1.64 bits per heavy atom. The van der Waals surface area contributed by atoms with Crippen LogP contribution in [0.15, 0.2) is 53.4 Å². The average Bonchev–Trinajstić information content (AvgIpc) is 3.84. The van der Waals surface area contributed by atoms with Gasteiger partial charge >= 0.3 is 6.09 Å².